The highest BCUT2D eigenvalue weighted by molar-refractivity contribution is 7.13. The van der Waals surface area contributed by atoms with Crippen LogP contribution in [-0.2, 0) is 0 Å². The van der Waals surface area contributed by atoms with E-state index in [1.54, 1.807) is 30.0 Å². The van der Waals surface area contributed by atoms with E-state index in [0.717, 1.165) is 4.88 Å². The Kier molecular flexibility index (Phi) is 3.60. The third kappa shape index (κ3) is 2.37. The first-order valence-corrected chi connectivity index (χ1v) is 7.24. The third-order valence-electron chi connectivity index (χ3n) is 2.90. The molecule has 104 valence electrons. The van der Waals surface area contributed by atoms with Gasteiger partial charge in [0.25, 0.3) is 0 Å². The van der Waals surface area contributed by atoms with Gasteiger partial charge in [-0.1, -0.05) is 22.9 Å². The molecule has 0 fully saturated rings. The Morgan fingerprint density at radius 1 is 1.38 bits per heavy atom. The quantitative estimate of drug-likeness (QED) is 0.741. The van der Waals surface area contributed by atoms with Crippen LogP contribution in [-0.4, -0.2) is 22.1 Å². The molecule has 7 heteroatoms. The van der Waals surface area contributed by atoms with E-state index >= 15 is 0 Å². The highest BCUT2D eigenvalue weighted by Gasteiger charge is 2.19. The van der Waals surface area contributed by atoms with Crippen LogP contribution in [0.4, 0.5) is 0 Å². The zero-order valence-electron chi connectivity index (χ0n) is 10.9. The fraction of sp³-hybridized carbons (Fsp3) is 0.0714. The Morgan fingerprint density at radius 2 is 2.24 bits per heavy atom. The Bertz CT molecular complexity index is 820. The summed E-state index contributed by atoms with van der Waals surface area (Å²) in [5.41, 5.74) is 1.54. The van der Waals surface area contributed by atoms with E-state index < -0.39 is 0 Å². The molecular formula is C14H9ClN4OS. The van der Waals surface area contributed by atoms with Gasteiger partial charge in [-0.3, -0.25) is 0 Å². The third-order valence-corrected chi connectivity index (χ3v) is 4.01. The van der Waals surface area contributed by atoms with Gasteiger partial charge in [-0.25, -0.2) is 4.68 Å². The van der Waals surface area contributed by atoms with E-state index in [1.165, 1.54) is 11.3 Å². The minimum atomic E-state index is 0.263. The van der Waals surface area contributed by atoms with Crippen molar-refractivity contribution in [3.8, 4) is 28.1 Å². The van der Waals surface area contributed by atoms with Crippen LogP contribution in [0.2, 0.25) is 5.02 Å². The molecule has 0 atom stereocenters. The lowest BCUT2D eigenvalue weighted by atomic mass is 10.2. The molecule has 0 aliphatic rings. The summed E-state index contributed by atoms with van der Waals surface area (Å²) in [7, 11) is 1.57. The van der Waals surface area contributed by atoms with Crippen molar-refractivity contribution in [2.45, 2.75) is 0 Å². The molecule has 0 bridgehead atoms. The molecule has 0 amide bonds. The van der Waals surface area contributed by atoms with Crippen molar-refractivity contribution < 1.29 is 4.74 Å². The van der Waals surface area contributed by atoms with Gasteiger partial charge in [-0.2, -0.15) is 5.26 Å². The van der Waals surface area contributed by atoms with E-state index in [2.05, 4.69) is 16.4 Å². The summed E-state index contributed by atoms with van der Waals surface area (Å²) in [5, 5.41) is 19.7. The summed E-state index contributed by atoms with van der Waals surface area (Å²) < 4.78 is 6.92. The van der Waals surface area contributed by atoms with Crippen molar-refractivity contribution in [3.05, 3.63) is 46.4 Å². The minimum Gasteiger partial charge on any atom is -0.494 e. The number of hydrogen-bond acceptors (Lipinski definition) is 5. The van der Waals surface area contributed by atoms with Crippen molar-refractivity contribution in [2.24, 2.45) is 0 Å². The van der Waals surface area contributed by atoms with Gasteiger partial charge < -0.3 is 4.74 Å². The topological polar surface area (TPSA) is 63.7 Å². The van der Waals surface area contributed by atoms with Gasteiger partial charge in [0.15, 0.2) is 5.69 Å². The van der Waals surface area contributed by atoms with Crippen LogP contribution < -0.4 is 4.74 Å². The van der Waals surface area contributed by atoms with E-state index in [4.69, 9.17) is 16.3 Å². The van der Waals surface area contributed by atoms with Gasteiger partial charge >= 0.3 is 0 Å². The lowest BCUT2D eigenvalue weighted by Gasteiger charge is -2.10. The van der Waals surface area contributed by atoms with Crippen molar-refractivity contribution in [1.82, 2.24) is 15.0 Å². The first kappa shape index (κ1) is 13.6. The van der Waals surface area contributed by atoms with Gasteiger partial charge in [-0.15, -0.1) is 16.4 Å². The zero-order valence-corrected chi connectivity index (χ0v) is 12.5. The van der Waals surface area contributed by atoms with Gasteiger partial charge in [0.2, 0.25) is 0 Å². The molecule has 3 aromatic rings. The second-order valence-corrected chi connectivity index (χ2v) is 5.49. The van der Waals surface area contributed by atoms with Crippen LogP contribution in [0, 0.1) is 11.3 Å². The maximum atomic E-state index is 9.24. The van der Waals surface area contributed by atoms with Crippen LogP contribution in [0.25, 0.3) is 16.3 Å². The average Bonchev–Trinajstić information content (AvgIpc) is 3.15. The number of nitrogens with zero attached hydrogens (tertiary/aromatic N) is 4. The molecule has 0 saturated heterocycles. The summed E-state index contributed by atoms with van der Waals surface area (Å²) >= 11 is 7.57. The van der Waals surface area contributed by atoms with E-state index in [0.29, 0.717) is 22.2 Å². The number of rotatable bonds is 3. The van der Waals surface area contributed by atoms with Crippen LogP contribution in [0.3, 0.4) is 0 Å². The Balaban J connectivity index is 2.28. The van der Waals surface area contributed by atoms with Crippen molar-refractivity contribution >= 4 is 22.9 Å². The molecule has 0 saturated carbocycles. The molecule has 0 N–H and O–H groups in total. The van der Waals surface area contributed by atoms with Gasteiger partial charge in [0.05, 0.1) is 12.0 Å². The van der Waals surface area contributed by atoms with Crippen LogP contribution in [0.15, 0.2) is 35.7 Å². The minimum absolute atomic E-state index is 0.263. The first-order valence-electron chi connectivity index (χ1n) is 5.98. The Morgan fingerprint density at radius 3 is 2.90 bits per heavy atom. The van der Waals surface area contributed by atoms with Crippen molar-refractivity contribution in [2.75, 3.05) is 7.11 Å². The number of benzene rings is 1. The number of nitriles is 1. The van der Waals surface area contributed by atoms with E-state index in [9.17, 15) is 5.26 Å². The van der Waals surface area contributed by atoms with Crippen LogP contribution in [0.1, 0.15) is 5.69 Å². The molecule has 3 rings (SSSR count). The molecule has 0 radical (unpaired) electrons. The smallest absolute Gasteiger partial charge is 0.191 e. The monoisotopic (exact) mass is 316 g/mol. The van der Waals surface area contributed by atoms with Gasteiger partial charge in [0, 0.05) is 5.02 Å². The van der Waals surface area contributed by atoms with E-state index in [-0.39, 0.29) is 5.69 Å². The first-order chi connectivity index (χ1) is 10.2. The lowest BCUT2D eigenvalue weighted by Crippen LogP contribution is -2.02. The maximum absolute atomic E-state index is 9.24. The summed E-state index contributed by atoms with van der Waals surface area (Å²) in [6.07, 6.45) is 0. The number of hydrogen-bond donors (Lipinski definition) is 0. The van der Waals surface area contributed by atoms with E-state index in [1.807, 2.05) is 17.5 Å². The highest BCUT2D eigenvalue weighted by Crippen LogP contribution is 2.33. The van der Waals surface area contributed by atoms with Gasteiger partial charge in [0.1, 0.15) is 23.2 Å². The number of methoxy groups -OCH3 is 1. The van der Waals surface area contributed by atoms with Crippen molar-refractivity contribution in [3.63, 3.8) is 0 Å². The summed E-state index contributed by atoms with van der Waals surface area (Å²) in [6, 6.07) is 11.1. The Hall–Kier alpha value is -2.36. The molecule has 5 nitrogen and oxygen atoms in total. The molecule has 2 aromatic heterocycles. The molecule has 0 aliphatic heterocycles. The molecule has 0 aliphatic carbocycles. The molecule has 2 heterocycles. The predicted octanol–water partition coefficient (Wildman–Crippen LogP) is 3.53. The summed E-state index contributed by atoms with van der Waals surface area (Å²) in [5.74, 6) is 0.603. The molecule has 0 unspecified atom stereocenters. The largest absolute Gasteiger partial charge is 0.494 e. The molecule has 0 spiro atoms. The number of ether oxygens (including phenoxy) is 1. The van der Waals surface area contributed by atoms with Crippen LogP contribution >= 0.6 is 22.9 Å². The normalized spacial score (nSPS) is 10.3. The highest BCUT2D eigenvalue weighted by atomic mass is 35.5. The average molecular weight is 317 g/mol. The standard InChI is InChI=1S/C14H9ClN4OS/c1-20-12-5-4-9(15)7-11(12)19-14(10(8-16)17-18-19)13-3-2-6-21-13/h2-7H,1H3. The summed E-state index contributed by atoms with van der Waals surface area (Å²) in [4.78, 5) is 0.901. The number of halogens is 1. The second kappa shape index (κ2) is 5.56. The fourth-order valence-electron chi connectivity index (χ4n) is 1.99. The molecule has 1 aromatic carbocycles. The molecular weight excluding hydrogens is 308 g/mol. The Labute approximate surface area is 130 Å². The second-order valence-electron chi connectivity index (χ2n) is 4.10. The number of aromatic nitrogens is 3. The summed E-state index contributed by atoms with van der Waals surface area (Å²) in [6.45, 7) is 0. The van der Waals surface area contributed by atoms with Crippen molar-refractivity contribution in [1.29, 1.82) is 5.26 Å². The SMILES string of the molecule is COc1ccc(Cl)cc1-n1nnc(C#N)c1-c1cccs1. The fourth-order valence-corrected chi connectivity index (χ4v) is 2.91. The predicted molar refractivity (Wildman–Crippen MR) is 80.9 cm³/mol. The number of thiophene rings is 1. The maximum Gasteiger partial charge on any atom is 0.191 e. The molecule has 21 heavy (non-hydrogen) atoms. The zero-order chi connectivity index (χ0) is 14.8. The van der Waals surface area contributed by atoms with Gasteiger partial charge in [-0.05, 0) is 29.6 Å². The van der Waals surface area contributed by atoms with Crippen LogP contribution in [0.5, 0.6) is 5.75 Å². The lowest BCUT2D eigenvalue weighted by molar-refractivity contribution is 0.411.